The Morgan fingerprint density at radius 1 is 1.57 bits per heavy atom. The van der Waals surface area contributed by atoms with Gasteiger partial charge in [0.2, 0.25) is 0 Å². The van der Waals surface area contributed by atoms with E-state index in [1.54, 1.807) is 0 Å². The van der Waals surface area contributed by atoms with Gasteiger partial charge >= 0.3 is 0 Å². The Hall–Kier alpha value is 0.430. The van der Waals surface area contributed by atoms with E-state index in [9.17, 15) is 0 Å². The molecule has 0 radical (unpaired) electrons. The van der Waals surface area contributed by atoms with Crippen LogP contribution in [0.15, 0.2) is 0 Å². The zero-order valence-corrected chi connectivity index (χ0v) is 6.04. The molecule has 0 amide bonds. The summed E-state index contributed by atoms with van der Waals surface area (Å²) in [6.07, 6.45) is 4.54. The molecular weight excluding hydrogens is 103 g/mol. The van der Waals surface area contributed by atoms with E-state index in [0.29, 0.717) is 7.92 Å². The van der Waals surface area contributed by atoms with Gasteiger partial charge < -0.3 is 0 Å². The zero-order chi connectivity index (χ0) is 5.28. The predicted octanol–water partition coefficient (Wildman–Crippen LogP) is 2.28. The summed E-state index contributed by atoms with van der Waals surface area (Å²) in [5.74, 6) is 0. The van der Waals surface area contributed by atoms with Gasteiger partial charge in [-0.3, -0.25) is 0 Å². The maximum absolute atomic E-state index is 2.42. The van der Waals surface area contributed by atoms with Crippen LogP contribution in [0.2, 0.25) is 0 Å². The lowest BCUT2D eigenvalue weighted by atomic mass is 10.3. The van der Waals surface area contributed by atoms with Gasteiger partial charge in [-0.1, -0.05) is 6.92 Å². The molecule has 1 fully saturated rings. The second-order valence-corrected chi connectivity index (χ2v) is 5.31. The molecule has 1 heteroatoms. The largest absolute Gasteiger partial charge is 0.107 e. The Bertz CT molecular complexity index is 53.2. The highest BCUT2D eigenvalue weighted by Crippen LogP contribution is 2.45. The summed E-state index contributed by atoms with van der Waals surface area (Å²) in [6, 6.07) is 0. The van der Waals surface area contributed by atoms with Crippen LogP contribution in [-0.4, -0.2) is 18.5 Å². The van der Waals surface area contributed by atoms with Gasteiger partial charge in [0.05, 0.1) is 0 Å². The Kier molecular flexibility index (Phi) is 1.69. The van der Waals surface area contributed by atoms with E-state index in [1.807, 2.05) is 0 Å². The summed E-state index contributed by atoms with van der Waals surface area (Å²) in [7, 11) is 0.474. The molecule has 1 heterocycles. The van der Waals surface area contributed by atoms with Crippen molar-refractivity contribution in [3.8, 4) is 0 Å². The lowest BCUT2D eigenvalue weighted by Crippen LogP contribution is -1.87. The van der Waals surface area contributed by atoms with E-state index in [4.69, 9.17) is 0 Å². The SMILES string of the molecule is CC1CCCP1C. The number of rotatable bonds is 0. The molecule has 1 saturated heterocycles. The maximum Gasteiger partial charge on any atom is -0.0240 e. The fraction of sp³-hybridized carbons (Fsp3) is 1.00. The first-order valence-corrected chi connectivity index (χ1v) is 5.05. The van der Waals surface area contributed by atoms with Crippen LogP contribution in [0.5, 0.6) is 0 Å². The van der Waals surface area contributed by atoms with Crippen LogP contribution in [0.4, 0.5) is 0 Å². The number of hydrogen-bond acceptors (Lipinski definition) is 0. The molecule has 2 atom stereocenters. The van der Waals surface area contributed by atoms with Crippen molar-refractivity contribution in [3.63, 3.8) is 0 Å². The molecule has 1 aliphatic rings. The highest BCUT2D eigenvalue weighted by Gasteiger charge is 2.16. The van der Waals surface area contributed by atoms with Gasteiger partial charge in [0.25, 0.3) is 0 Å². The third-order valence-electron chi connectivity index (χ3n) is 1.89. The van der Waals surface area contributed by atoms with Crippen molar-refractivity contribution in [2.45, 2.75) is 25.4 Å². The average Bonchev–Trinajstić information content (AvgIpc) is 1.91. The standard InChI is InChI=1S/C6H13P/c1-6-4-3-5-7(6)2/h6H,3-5H2,1-2H3. The highest BCUT2D eigenvalue weighted by molar-refractivity contribution is 7.57. The summed E-state index contributed by atoms with van der Waals surface area (Å²) in [4.78, 5) is 0. The zero-order valence-electron chi connectivity index (χ0n) is 5.15. The lowest BCUT2D eigenvalue weighted by molar-refractivity contribution is 0.836. The van der Waals surface area contributed by atoms with Crippen molar-refractivity contribution in [2.75, 3.05) is 12.8 Å². The molecule has 1 rings (SSSR count). The van der Waals surface area contributed by atoms with E-state index in [1.165, 1.54) is 19.0 Å². The fourth-order valence-electron chi connectivity index (χ4n) is 1.08. The normalized spacial score (nSPS) is 42.0. The van der Waals surface area contributed by atoms with E-state index < -0.39 is 0 Å². The molecule has 0 N–H and O–H groups in total. The Morgan fingerprint density at radius 3 is 2.43 bits per heavy atom. The first-order valence-electron chi connectivity index (χ1n) is 3.01. The third-order valence-corrected chi connectivity index (χ3v) is 4.67. The molecule has 2 unspecified atom stereocenters. The summed E-state index contributed by atoms with van der Waals surface area (Å²) < 4.78 is 0. The smallest absolute Gasteiger partial charge is 0.0240 e. The molecule has 0 nitrogen and oxygen atoms in total. The number of hydrogen-bond donors (Lipinski definition) is 0. The molecule has 7 heavy (non-hydrogen) atoms. The van der Waals surface area contributed by atoms with Crippen molar-refractivity contribution in [1.82, 2.24) is 0 Å². The first-order chi connectivity index (χ1) is 3.30. The lowest BCUT2D eigenvalue weighted by Gasteiger charge is -2.06. The van der Waals surface area contributed by atoms with Gasteiger partial charge in [0.15, 0.2) is 0 Å². The van der Waals surface area contributed by atoms with E-state index in [-0.39, 0.29) is 0 Å². The van der Waals surface area contributed by atoms with Crippen LogP contribution in [0, 0.1) is 0 Å². The third kappa shape index (κ3) is 1.16. The maximum atomic E-state index is 2.42. The van der Waals surface area contributed by atoms with Crippen LogP contribution in [0.3, 0.4) is 0 Å². The summed E-state index contributed by atoms with van der Waals surface area (Å²) >= 11 is 0. The van der Waals surface area contributed by atoms with Crippen molar-refractivity contribution < 1.29 is 0 Å². The average molecular weight is 116 g/mol. The second-order valence-electron chi connectivity index (χ2n) is 2.47. The summed E-state index contributed by atoms with van der Waals surface area (Å²) in [5, 5.41) is 0. The minimum Gasteiger partial charge on any atom is -0.107 e. The quantitative estimate of drug-likeness (QED) is 0.426. The van der Waals surface area contributed by atoms with Crippen LogP contribution in [0.25, 0.3) is 0 Å². The Labute approximate surface area is 47.1 Å². The minimum absolute atomic E-state index is 0.474. The highest BCUT2D eigenvalue weighted by atomic mass is 31.1. The molecule has 0 aliphatic carbocycles. The van der Waals surface area contributed by atoms with Crippen LogP contribution >= 0.6 is 7.92 Å². The molecular formula is C6H13P. The van der Waals surface area contributed by atoms with Gasteiger partial charge in [-0.05, 0) is 31.3 Å². The first kappa shape index (κ1) is 5.56. The van der Waals surface area contributed by atoms with Crippen molar-refractivity contribution in [1.29, 1.82) is 0 Å². The molecule has 0 spiro atoms. The molecule has 0 aromatic rings. The molecule has 0 aromatic heterocycles. The van der Waals surface area contributed by atoms with Gasteiger partial charge in [-0.2, -0.15) is 0 Å². The predicted molar refractivity (Wildman–Crippen MR) is 36.4 cm³/mol. The summed E-state index contributed by atoms with van der Waals surface area (Å²) in [6.45, 7) is 4.81. The van der Waals surface area contributed by atoms with Crippen LogP contribution in [0.1, 0.15) is 19.8 Å². The molecule has 0 saturated carbocycles. The van der Waals surface area contributed by atoms with E-state index >= 15 is 0 Å². The Balaban J connectivity index is 2.33. The molecule has 42 valence electrons. The van der Waals surface area contributed by atoms with Crippen LogP contribution in [-0.2, 0) is 0 Å². The monoisotopic (exact) mass is 116 g/mol. The van der Waals surface area contributed by atoms with E-state index in [0.717, 1.165) is 5.66 Å². The minimum atomic E-state index is 0.474. The molecule has 1 aliphatic heterocycles. The molecule has 0 bridgehead atoms. The van der Waals surface area contributed by atoms with Crippen molar-refractivity contribution in [2.24, 2.45) is 0 Å². The van der Waals surface area contributed by atoms with Gasteiger partial charge in [0.1, 0.15) is 0 Å². The van der Waals surface area contributed by atoms with Gasteiger partial charge in [-0.15, -0.1) is 7.92 Å². The van der Waals surface area contributed by atoms with E-state index in [2.05, 4.69) is 13.6 Å². The molecule has 0 aromatic carbocycles. The fourth-order valence-corrected chi connectivity index (χ4v) is 2.82. The summed E-state index contributed by atoms with van der Waals surface area (Å²) in [5.41, 5.74) is 1.08. The second kappa shape index (κ2) is 2.13. The van der Waals surface area contributed by atoms with Crippen LogP contribution < -0.4 is 0 Å². The van der Waals surface area contributed by atoms with Crippen molar-refractivity contribution in [3.05, 3.63) is 0 Å². The van der Waals surface area contributed by atoms with Gasteiger partial charge in [0, 0.05) is 0 Å². The van der Waals surface area contributed by atoms with Gasteiger partial charge in [-0.25, -0.2) is 0 Å². The topological polar surface area (TPSA) is 0 Å². The Morgan fingerprint density at radius 2 is 2.29 bits per heavy atom. The van der Waals surface area contributed by atoms with Crippen molar-refractivity contribution >= 4 is 7.92 Å².